The zero-order valence-electron chi connectivity index (χ0n) is 11.7. The number of hydrogen-bond donors (Lipinski definition) is 1. The van der Waals surface area contributed by atoms with Crippen molar-refractivity contribution in [1.29, 1.82) is 0 Å². The fourth-order valence-corrected chi connectivity index (χ4v) is 2.59. The van der Waals surface area contributed by atoms with E-state index >= 15 is 0 Å². The van der Waals surface area contributed by atoms with E-state index in [1.807, 2.05) is 30.3 Å². The van der Waals surface area contributed by atoms with Crippen LogP contribution in [0.3, 0.4) is 0 Å². The number of amides is 2. The number of aliphatic carboxylic acids is 1. The molecule has 0 saturated carbocycles. The second-order valence-electron chi connectivity index (χ2n) is 5.32. The van der Waals surface area contributed by atoms with Crippen LogP contribution in [0.4, 0.5) is 4.79 Å². The minimum Gasteiger partial charge on any atom is -0.481 e. The predicted molar refractivity (Wildman–Crippen MR) is 75.2 cm³/mol. The maximum absolute atomic E-state index is 12.3. The number of benzene rings is 1. The molecule has 1 aliphatic heterocycles. The highest BCUT2D eigenvalue weighted by molar-refractivity contribution is 5.74. The molecular formula is C15H20N2O3. The van der Waals surface area contributed by atoms with Crippen LogP contribution in [0, 0.1) is 5.92 Å². The first-order chi connectivity index (χ1) is 9.56. The normalized spacial score (nSPS) is 18.1. The minimum absolute atomic E-state index is 0.0262. The second-order valence-corrected chi connectivity index (χ2v) is 5.32. The molecule has 0 aromatic heterocycles. The van der Waals surface area contributed by atoms with E-state index in [2.05, 4.69) is 0 Å². The number of urea groups is 1. The van der Waals surface area contributed by atoms with Crippen LogP contribution in [0.15, 0.2) is 30.3 Å². The van der Waals surface area contributed by atoms with Crippen LogP contribution in [0.1, 0.15) is 18.4 Å². The van der Waals surface area contributed by atoms with E-state index in [0.29, 0.717) is 19.6 Å². The predicted octanol–water partition coefficient (Wildman–Crippen LogP) is 2.04. The van der Waals surface area contributed by atoms with E-state index in [9.17, 15) is 9.59 Å². The van der Waals surface area contributed by atoms with E-state index < -0.39 is 5.97 Å². The molecule has 108 valence electrons. The lowest BCUT2D eigenvalue weighted by Crippen LogP contribution is -2.39. The molecule has 1 aromatic carbocycles. The number of carboxylic acid groups (broad SMARTS) is 1. The summed E-state index contributed by atoms with van der Waals surface area (Å²) >= 11 is 0. The lowest BCUT2D eigenvalue weighted by molar-refractivity contribution is -0.138. The Morgan fingerprint density at radius 2 is 2.05 bits per heavy atom. The summed E-state index contributed by atoms with van der Waals surface area (Å²) in [6, 6.07) is 9.80. The topological polar surface area (TPSA) is 60.9 Å². The van der Waals surface area contributed by atoms with Gasteiger partial charge < -0.3 is 14.9 Å². The molecule has 1 unspecified atom stereocenters. The molecule has 1 heterocycles. The van der Waals surface area contributed by atoms with Gasteiger partial charge in [-0.2, -0.15) is 0 Å². The monoisotopic (exact) mass is 276 g/mol. The third-order valence-corrected chi connectivity index (χ3v) is 3.61. The Balaban J connectivity index is 1.87. The average Bonchev–Trinajstić information content (AvgIpc) is 2.86. The lowest BCUT2D eigenvalue weighted by atomic mass is 10.1. The Morgan fingerprint density at radius 1 is 1.35 bits per heavy atom. The van der Waals surface area contributed by atoms with Crippen molar-refractivity contribution in [2.45, 2.75) is 19.4 Å². The number of nitrogens with zero attached hydrogens (tertiary/aromatic N) is 2. The number of carbonyl (C=O) groups excluding carboxylic acids is 1. The van der Waals surface area contributed by atoms with Crippen molar-refractivity contribution in [3.63, 3.8) is 0 Å². The molecule has 5 nitrogen and oxygen atoms in total. The Bertz CT molecular complexity index is 475. The molecule has 1 saturated heterocycles. The molecule has 0 aliphatic carbocycles. The molecule has 5 heteroatoms. The zero-order chi connectivity index (χ0) is 14.5. The highest BCUT2D eigenvalue weighted by atomic mass is 16.4. The molecule has 20 heavy (non-hydrogen) atoms. The Kier molecular flexibility index (Phi) is 4.61. The van der Waals surface area contributed by atoms with Crippen molar-refractivity contribution in [3.05, 3.63) is 35.9 Å². The Labute approximate surface area is 118 Å². The molecule has 2 rings (SSSR count). The first-order valence-corrected chi connectivity index (χ1v) is 6.82. The SMILES string of the molecule is CN(Cc1ccccc1)C(=O)N1CCC(CC(=O)O)C1. The molecule has 1 fully saturated rings. The minimum atomic E-state index is -0.790. The van der Waals surface area contributed by atoms with Crippen LogP contribution >= 0.6 is 0 Å². The van der Waals surface area contributed by atoms with Crippen molar-refractivity contribution < 1.29 is 14.7 Å². The van der Waals surface area contributed by atoms with Crippen LogP contribution in [-0.4, -0.2) is 47.0 Å². The average molecular weight is 276 g/mol. The van der Waals surface area contributed by atoms with Gasteiger partial charge >= 0.3 is 12.0 Å². The number of carbonyl (C=O) groups is 2. The number of carboxylic acids is 1. The van der Waals surface area contributed by atoms with Crippen LogP contribution in [-0.2, 0) is 11.3 Å². The maximum Gasteiger partial charge on any atom is 0.320 e. The van der Waals surface area contributed by atoms with Gasteiger partial charge in [0.2, 0.25) is 0 Å². The summed E-state index contributed by atoms with van der Waals surface area (Å²) in [6.45, 7) is 1.76. The van der Waals surface area contributed by atoms with Gasteiger partial charge in [0.15, 0.2) is 0 Å². The quantitative estimate of drug-likeness (QED) is 0.915. The van der Waals surface area contributed by atoms with Gasteiger partial charge in [-0.25, -0.2) is 4.79 Å². The molecule has 1 atom stereocenters. The van der Waals surface area contributed by atoms with Crippen molar-refractivity contribution >= 4 is 12.0 Å². The number of hydrogen-bond acceptors (Lipinski definition) is 2. The summed E-state index contributed by atoms with van der Waals surface area (Å²) in [5.41, 5.74) is 1.09. The first-order valence-electron chi connectivity index (χ1n) is 6.82. The fraction of sp³-hybridized carbons (Fsp3) is 0.467. The summed E-state index contributed by atoms with van der Waals surface area (Å²) in [4.78, 5) is 26.4. The molecule has 0 radical (unpaired) electrons. The maximum atomic E-state index is 12.3. The van der Waals surface area contributed by atoms with Gasteiger partial charge in [-0.05, 0) is 17.9 Å². The largest absolute Gasteiger partial charge is 0.481 e. The third-order valence-electron chi connectivity index (χ3n) is 3.61. The lowest BCUT2D eigenvalue weighted by Gasteiger charge is -2.24. The zero-order valence-corrected chi connectivity index (χ0v) is 11.7. The van der Waals surface area contributed by atoms with Crippen LogP contribution in [0.2, 0.25) is 0 Å². The highest BCUT2D eigenvalue weighted by Gasteiger charge is 2.29. The Morgan fingerprint density at radius 3 is 2.70 bits per heavy atom. The van der Waals surface area contributed by atoms with Crippen molar-refractivity contribution in [3.8, 4) is 0 Å². The van der Waals surface area contributed by atoms with E-state index in [4.69, 9.17) is 5.11 Å². The number of rotatable bonds is 4. The number of likely N-dealkylation sites (tertiary alicyclic amines) is 1. The molecule has 1 N–H and O–H groups in total. The van der Waals surface area contributed by atoms with Crippen molar-refractivity contribution in [2.75, 3.05) is 20.1 Å². The standard InChI is InChI=1S/C15H20N2O3/c1-16(10-12-5-3-2-4-6-12)15(20)17-8-7-13(11-17)9-14(18)19/h2-6,13H,7-11H2,1H3,(H,18,19). The summed E-state index contributed by atoms with van der Waals surface area (Å²) < 4.78 is 0. The van der Waals surface area contributed by atoms with E-state index in [-0.39, 0.29) is 18.4 Å². The van der Waals surface area contributed by atoms with Gasteiger partial charge in [0.25, 0.3) is 0 Å². The van der Waals surface area contributed by atoms with E-state index in [1.165, 1.54) is 0 Å². The van der Waals surface area contributed by atoms with Crippen molar-refractivity contribution in [2.24, 2.45) is 5.92 Å². The first kappa shape index (κ1) is 14.4. The van der Waals surface area contributed by atoms with Gasteiger partial charge in [-0.3, -0.25) is 4.79 Å². The van der Waals surface area contributed by atoms with E-state index in [1.54, 1.807) is 16.8 Å². The summed E-state index contributed by atoms with van der Waals surface area (Å²) in [5, 5.41) is 8.79. The van der Waals surface area contributed by atoms with Crippen LogP contribution in [0.5, 0.6) is 0 Å². The van der Waals surface area contributed by atoms with Crippen molar-refractivity contribution in [1.82, 2.24) is 9.80 Å². The van der Waals surface area contributed by atoms with Gasteiger partial charge in [-0.15, -0.1) is 0 Å². The van der Waals surface area contributed by atoms with Gasteiger partial charge in [0.05, 0.1) is 0 Å². The molecular weight excluding hydrogens is 256 g/mol. The molecule has 0 bridgehead atoms. The van der Waals surface area contributed by atoms with Gasteiger partial charge in [0.1, 0.15) is 0 Å². The molecule has 1 aliphatic rings. The smallest absolute Gasteiger partial charge is 0.320 e. The summed E-state index contributed by atoms with van der Waals surface area (Å²) in [5.74, 6) is -0.705. The van der Waals surface area contributed by atoms with Crippen LogP contribution in [0.25, 0.3) is 0 Å². The summed E-state index contributed by atoms with van der Waals surface area (Å²) in [7, 11) is 1.78. The third kappa shape index (κ3) is 3.73. The van der Waals surface area contributed by atoms with E-state index in [0.717, 1.165) is 12.0 Å². The molecule has 2 amide bonds. The second kappa shape index (κ2) is 6.41. The molecule has 0 spiro atoms. The molecule has 1 aromatic rings. The van der Waals surface area contributed by atoms with Gasteiger partial charge in [0, 0.05) is 33.1 Å². The van der Waals surface area contributed by atoms with Crippen LogP contribution < -0.4 is 0 Å². The Hall–Kier alpha value is -2.04. The highest BCUT2D eigenvalue weighted by Crippen LogP contribution is 2.20. The summed E-state index contributed by atoms with van der Waals surface area (Å²) in [6.07, 6.45) is 0.920. The fourth-order valence-electron chi connectivity index (χ4n) is 2.59. The van der Waals surface area contributed by atoms with Gasteiger partial charge in [-0.1, -0.05) is 30.3 Å².